The van der Waals surface area contributed by atoms with Gasteiger partial charge in [0.2, 0.25) is 15.9 Å². The van der Waals surface area contributed by atoms with Crippen LogP contribution in [0.4, 0.5) is 5.69 Å². The molecule has 0 spiro atoms. The topological polar surface area (TPSA) is 69.7 Å². The van der Waals surface area contributed by atoms with E-state index in [1.54, 1.807) is 34.6 Å². The SMILES string of the molecule is O=C(C=Cc1ccccc1)Nc1ccc(S(=O)(=O)N2CCN(C(c3ccccc3)c3ccccc3)CC2)cc1. The zero-order valence-corrected chi connectivity index (χ0v) is 22.4. The molecule has 4 aromatic carbocycles. The molecule has 6 nitrogen and oxygen atoms in total. The van der Waals surface area contributed by atoms with Gasteiger partial charge < -0.3 is 5.32 Å². The Balaban J connectivity index is 1.23. The lowest BCUT2D eigenvalue weighted by Crippen LogP contribution is -2.49. The van der Waals surface area contributed by atoms with Gasteiger partial charge in [-0.2, -0.15) is 4.31 Å². The van der Waals surface area contributed by atoms with Crippen molar-refractivity contribution >= 4 is 27.7 Å². The minimum atomic E-state index is -3.65. The number of hydrogen-bond acceptors (Lipinski definition) is 4. The van der Waals surface area contributed by atoms with Crippen molar-refractivity contribution in [2.45, 2.75) is 10.9 Å². The maximum absolute atomic E-state index is 13.4. The zero-order chi connectivity index (χ0) is 27.1. The minimum absolute atomic E-state index is 0.0658. The van der Waals surface area contributed by atoms with Crippen LogP contribution in [0, 0.1) is 0 Å². The summed E-state index contributed by atoms with van der Waals surface area (Å²) in [5, 5.41) is 2.78. The molecule has 4 aromatic rings. The van der Waals surface area contributed by atoms with Crippen molar-refractivity contribution in [1.82, 2.24) is 9.21 Å². The van der Waals surface area contributed by atoms with Crippen LogP contribution in [-0.4, -0.2) is 49.7 Å². The molecular weight excluding hydrogens is 506 g/mol. The molecular formula is C32H31N3O3S. The van der Waals surface area contributed by atoms with Gasteiger partial charge in [-0.15, -0.1) is 0 Å². The number of carbonyl (C=O) groups excluding carboxylic acids is 1. The van der Waals surface area contributed by atoms with E-state index >= 15 is 0 Å². The van der Waals surface area contributed by atoms with Gasteiger partial charge in [0, 0.05) is 37.9 Å². The fourth-order valence-electron chi connectivity index (χ4n) is 4.87. The largest absolute Gasteiger partial charge is 0.323 e. The van der Waals surface area contributed by atoms with Gasteiger partial charge in [-0.3, -0.25) is 9.69 Å². The van der Waals surface area contributed by atoms with Crippen LogP contribution in [0.5, 0.6) is 0 Å². The molecule has 1 N–H and O–H groups in total. The molecule has 39 heavy (non-hydrogen) atoms. The molecule has 0 aromatic heterocycles. The molecule has 1 saturated heterocycles. The predicted molar refractivity (Wildman–Crippen MR) is 156 cm³/mol. The Bertz CT molecular complexity index is 1460. The van der Waals surface area contributed by atoms with Crippen LogP contribution in [0.3, 0.4) is 0 Å². The first kappa shape index (κ1) is 26.6. The Hall–Kier alpha value is -4.04. The van der Waals surface area contributed by atoms with Gasteiger partial charge in [-0.1, -0.05) is 91.0 Å². The van der Waals surface area contributed by atoms with Gasteiger partial charge in [-0.25, -0.2) is 8.42 Å². The van der Waals surface area contributed by atoms with Crippen LogP contribution >= 0.6 is 0 Å². The summed E-state index contributed by atoms with van der Waals surface area (Å²) in [4.78, 5) is 14.8. The van der Waals surface area contributed by atoms with E-state index in [1.165, 1.54) is 17.2 Å². The third-order valence-electron chi connectivity index (χ3n) is 6.86. The molecule has 7 heteroatoms. The van der Waals surface area contributed by atoms with E-state index in [2.05, 4.69) is 34.5 Å². The molecule has 198 valence electrons. The molecule has 0 bridgehead atoms. The van der Waals surface area contributed by atoms with Crippen molar-refractivity contribution in [1.29, 1.82) is 0 Å². The van der Waals surface area contributed by atoms with E-state index in [9.17, 15) is 13.2 Å². The second kappa shape index (κ2) is 12.2. The van der Waals surface area contributed by atoms with Crippen molar-refractivity contribution in [3.63, 3.8) is 0 Å². The molecule has 0 radical (unpaired) electrons. The number of amides is 1. The van der Waals surface area contributed by atoms with Crippen LogP contribution in [0.2, 0.25) is 0 Å². The Morgan fingerprint density at radius 1 is 0.692 bits per heavy atom. The van der Waals surface area contributed by atoms with E-state index in [0.717, 1.165) is 5.56 Å². The zero-order valence-electron chi connectivity index (χ0n) is 21.6. The van der Waals surface area contributed by atoms with Gasteiger partial charge >= 0.3 is 0 Å². The van der Waals surface area contributed by atoms with Crippen LogP contribution < -0.4 is 5.32 Å². The Morgan fingerprint density at radius 2 is 1.21 bits per heavy atom. The molecule has 1 amide bonds. The number of carbonyl (C=O) groups is 1. The number of nitrogens with one attached hydrogen (secondary N) is 1. The highest BCUT2D eigenvalue weighted by Gasteiger charge is 2.32. The minimum Gasteiger partial charge on any atom is -0.323 e. The van der Waals surface area contributed by atoms with Crippen LogP contribution in [-0.2, 0) is 14.8 Å². The lowest BCUT2D eigenvalue weighted by Gasteiger charge is -2.39. The maximum atomic E-state index is 13.4. The molecule has 1 aliphatic heterocycles. The smallest absolute Gasteiger partial charge is 0.248 e. The molecule has 0 aliphatic carbocycles. The van der Waals surface area contributed by atoms with Crippen LogP contribution in [0.25, 0.3) is 6.08 Å². The number of sulfonamides is 1. The Labute approximate surface area is 230 Å². The fourth-order valence-corrected chi connectivity index (χ4v) is 6.29. The number of anilines is 1. The summed E-state index contributed by atoms with van der Waals surface area (Å²) < 4.78 is 28.4. The normalized spacial score (nSPS) is 15.0. The average molecular weight is 538 g/mol. The summed E-state index contributed by atoms with van der Waals surface area (Å²) in [7, 11) is -3.65. The highest BCUT2D eigenvalue weighted by atomic mass is 32.2. The first-order chi connectivity index (χ1) is 19.0. The highest BCUT2D eigenvalue weighted by Crippen LogP contribution is 2.30. The van der Waals surface area contributed by atoms with Gasteiger partial charge in [0.05, 0.1) is 10.9 Å². The predicted octanol–water partition coefficient (Wildman–Crippen LogP) is 5.43. The number of benzene rings is 4. The molecule has 0 unspecified atom stereocenters. The highest BCUT2D eigenvalue weighted by molar-refractivity contribution is 7.89. The molecule has 1 heterocycles. The first-order valence-electron chi connectivity index (χ1n) is 13.0. The van der Waals surface area contributed by atoms with E-state index in [1.807, 2.05) is 66.7 Å². The van der Waals surface area contributed by atoms with Crippen LogP contribution in [0.15, 0.2) is 126 Å². The van der Waals surface area contributed by atoms with E-state index in [4.69, 9.17) is 0 Å². The summed E-state index contributed by atoms with van der Waals surface area (Å²) in [6.07, 6.45) is 3.19. The summed E-state index contributed by atoms with van der Waals surface area (Å²) in [5.74, 6) is -0.281. The Morgan fingerprint density at radius 3 is 1.74 bits per heavy atom. The molecule has 0 atom stereocenters. The molecule has 0 saturated carbocycles. The third-order valence-corrected chi connectivity index (χ3v) is 8.77. The average Bonchev–Trinajstić information content (AvgIpc) is 2.98. The quantitative estimate of drug-likeness (QED) is 0.304. The number of rotatable bonds is 8. The van der Waals surface area contributed by atoms with Crippen molar-refractivity contribution < 1.29 is 13.2 Å². The van der Waals surface area contributed by atoms with Gasteiger partial charge in [0.15, 0.2) is 0 Å². The van der Waals surface area contributed by atoms with Gasteiger partial charge in [0.25, 0.3) is 0 Å². The van der Waals surface area contributed by atoms with Crippen LogP contribution in [0.1, 0.15) is 22.7 Å². The number of nitrogens with zero attached hydrogens (tertiary/aromatic N) is 2. The molecule has 1 fully saturated rings. The number of piperazine rings is 1. The summed E-state index contributed by atoms with van der Waals surface area (Å²) in [6, 6.07) is 36.6. The summed E-state index contributed by atoms with van der Waals surface area (Å²) >= 11 is 0. The monoisotopic (exact) mass is 537 g/mol. The van der Waals surface area contributed by atoms with Crippen molar-refractivity contribution in [2.24, 2.45) is 0 Å². The fraction of sp³-hybridized carbons (Fsp3) is 0.156. The van der Waals surface area contributed by atoms with E-state index in [0.29, 0.717) is 31.9 Å². The molecule has 5 rings (SSSR count). The number of hydrogen-bond donors (Lipinski definition) is 1. The van der Waals surface area contributed by atoms with Gasteiger partial charge in [0.1, 0.15) is 0 Å². The van der Waals surface area contributed by atoms with Crippen molar-refractivity contribution in [2.75, 3.05) is 31.5 Å². The first-order valence-corrected chi connectivity index (χ1v) is 14.4. The van der Waals surface area contributed by atoms with E-state index < -0.39 is 10.0 Å². The van der Waals surface area contributed by atoms with Crippen molar-refractivity contribution in [3.05, 3.63) is 138 Å². The third kappa shape index (κ3) is 6.52. The van der Waals surface area contributed by atoms with E-state index in [-0.39, 0.29) is 16.8 Å². The summed E-state index contributed by atoms with van der Waals surface area (Å²) in [6.45, 7) is 2.05. The standard InChI is InChI=1S/C32H31N3O3S/c36-31(21-16-26-10-4-1-5-11-26)33-29-17-19-30(20-18-29)39(37,38)35-24-22-34(23-25-35)32(27-12-6-2-7-13-27)28-14-8-3-9-15-28/h1-21,32H,22-25H2,(H,33,36). The Kier molecular flexibility index (Phi) is 8.32. The maximum Gasteiger partial charge on any atom is 0.248 e. The van der Waals surface area contributed by atoms with Crippen molar-refractivity contribution in [3.8, 4) is 0 Å². The second-order valence-electron chi connectivity index (χ2n) is 9.42. The second-order valence-corrected chi connectivity index (χ2v) is 11.4. The lowest BCUT2D eigenvalue weighted by molar-refractivity contribution is -0.111. The summed E-state index contributed by atoms with van der Waals surface area (Å²) in [5.41, 5.74) is 3.84. The van der Waals surface area contributed by atoms with Gasteiger partial charge in [-0.05, 0) is 47.0 Å². The lowest BCUT2D eigenvalue weighted by atomic mass is 9.96. The molecule has 1 aliphatic rings.